The van der Waals surface area contributed by atoms with Gasteiger partial charge in [0, 0.05) is 19.3 Å². The zero-order valence-electron chi connectivity index (χ0n) is 53.7. The van der Waals surface area contributed by atoms with E-state index < -0.39 is 6.10 Å². The zero-order valence-corrected chi connectivity index (χ0v) is 53.7. The Morgan fingerprint density at radius 3 is 0.633 bits per heavy atom. The maximum absolute atomic E-state index is 13.0. The van der Waals surface area contributed by atoms with E-state index in [0.29, 0.717) is 19.3 Å². The summed E-state index contributed by atoms with van der Waals surface area (Å²) in [5, 5.41) is 0. The Balaban J connectivity index is 4.28. The maximum Gasteiger partial charge on any atom is 0.306 e. The molecule has 0 saturated carbocycles. The van der Waals surface area contributed by atoms with Crippen molar-refractivity contribution in [1.29, 1.82) is 0 Å². The molecular formula is C73H138O6. The molecule has 0 amide bonds. The van der Waals surface area contributed by atoms with Gasteiger partial charge in [0.15, 0.2) is 6.10 Å². The van der Waals surface area contributed by atoms with Crippen molar-refractivity contribution in [3.8, 4) is 0 Å². The van der Waals surface area contributed by atoms with Crippen LogP contribution in [0.3, 0.4) is 0 Å². The fourth-order valence-electron chi connectivity index (χ4n) is 11.0. The van der Waals surface area contributed by atoms with Gasteiger partial charge in [-0.05, 0) is 70.6 Å². The highest BCUT2D eigenvalue weighted by molar-refractivity contribution is 5.71. The van der Waals surface area contributed by atoms with Crippen LogP contribution in [0, 0.1) is 0 Å². The summed E-state index contributed by atoms with van der Waals surface area (Å²) in [6, 6.07) is 0. The van der Waals surface area contributed by atoms with Crippen molar-refractivity contribution in [3.05, 3.63) is 24.3 Å². The molecular weight excluding hydrogens is 973 g/mol. The predicted molar refractivity (Wildman–Crippen MR) is 344 cm³/mol. The molecule has 466 valence electrons. The van der Waals surface area contributed by atoms with Crippen molar-refractivity contribution in [2.75, 3.05) is 13.2 Å². The molecule has 79 heavy (non-hydrogen) atoms. The Bertz CT molecular complexity index is 1270. The lowest BCUT2D eigenvalue weighted by molar-refractivity contribution is -0.167. The summed E-state index contributed by atoms with van der Waals surface area (Å²) in [5.41, 5.74) is 0. The van der Waals surface area contributed by atoms with Crippen LogP contribution in [-0.4, -0.2) is 37.2 Å². The van der Waals surface area contributed by atoms with E-state index in [-0.39, 0.29) is 31.1 Å². The highest BCUT2D eigenvalue weighted by atomic mass is 16.6. The summed E-state index contributed by atoms with van der Waals surface area (Å²) in [5.74, 6) is -0.847. The molecule has 1 atom stereocenters. The highest BCUT2D eigenvalue weighted by Gasteiger charge is 2.19. The third-order valence-electron chi connectivity index (χ3n) is 16.4. The largest absolute Gasteiger partial charge is 0.462 e. The van der Waals surface area contributed by atoms with E-state index in [1.165, 1.54) is 302 Å². The van der Waals surface area contributed by atoms with Crippen LogP contribution in [0.4, 0.5) is 0 Å². The lowest BCUT2D eigenvalue weighted by Crippen LogP contribution is -2.30. The van der Waals surface area contributed by atoms with E-state index in [0.717, 1.165) is 64.2 Å². The van der Waals surface area contributed by atoms with Crippen LogP contribution in [0.5, 0.6) is 0 Å². The molecule has 0 N–H and O–H groups in total. The molecule has 0 aromatic rings. The normalized spacial score (nSPS) is 12.1. The highest BCUT2D eigenvalue weighted by Crippen LogP contribution is 2.19. The van der Waals surface area contributed by atoms with Gasteiger partial charge in [0.1, 0.15) is 13.2 Å². The van der Waals surface area contributed by atoms with Crippen molar-refractivity contribution < 1.29 is 28.6 Å². The molecule has 0 aliphatic rings. The first kappa shape index (κ1) is 76.9. The molecule has 0 radical (unpaired) electrons. The third-order valence-corrected chi connectivity index (χ3v) is 16.4. The minimum Gasteiger partial charge on any atom is -0.462 e. The second kappa shape index (κ2) is 68.4. The Morgan fingerprint density at radius 1 is 0.241 bits per heavy atom. The van der Waals surface area contributed by atoms with Gasteiger partial charge < -0.3 is 14.2 Å². The number of esters is 3. The third kappa shape index (κ3) is 66.6. The van der Waals surface area contributed by atoms with E-state index in [4.69, 9.17) is 14.2 Å². The van der Waals surface area contributed by atoms with Gasteiger partial charge in [-0.3, -0.25) is 14.4 Å². The fourth-order valence-corrected chi connectivity index (χ4v) is 11.0. The molecule has 6 nitrogen and oxygen atoms in total. The summed E-state index contributed by atoms with van der Waals surface area (Å²) in [6.45, 7) is 6.71. The SMILES string of the molecule is CCCCCCCCC/C=C\CCCCCCCC(=O)OCC(COC(=O)CCCCCCCCCCCCCCCCCCCCCCCCCC)OC(=O)CCCCCCCCCCC/C=C\CCCCCCCCCC. The first-order chi connectivity index (χ1) is 39.0. The van der Waals surface area contributed by atoms with E-state index in [2.05, 4.69) is 45.1 Å². The molecule has 0 aromatic carbocycles. The van der Waals surface area contributed by atoms with Gasteiger partial charge in [-0.2, -0.15) is 0 Å². The minimum atomic E-state index is -0.774. The molecule has 6 heteroatoms. The zero-order chi connectivity index (χ0) is 57.1. The van der Waals surface area contributed by atoms with E-state index in [9.17, 15) is 14.4 Å². The monoisotopic (exact) mass is 1110 g/mol. The first-order valence-electron chi connectivity index (χ1n) is 35.8. The van der Waals surface area contributed by atoms with E-state index >= 15 is 0 Å². The van der Waals surface area contributed by atoms with Gasteiger partial charge in [-0.25, -0.2) is 0 Å². The average Bonchev–Trinajstić information content (AvgIpc) is 3.45. The van der Waals surface area contributed by atoms with Crippen LogP contribution in [0.1, 0.15) is 406 Å². The van der Waals surface area contributed by atoms with Crippen LogP contribution in [0.15, 0.2) is 24.3 Å². The standard InChI is InChI=1S/C73H138O6/c1-4-7-10-13-16-19-22-25-28-31-33-35-36-37-39-40-42-45-48-51-54-57-60-63-66-72(75)78-69-70(68-77-71(74)65-62-59-56-53-50-47-44-30-27-24-21-18-15-12-9-6-3)79-73(76)67-64-61-58-55-52-49-46-43-41-38-34-32-29-26-23-20-17-14-11-8-5-2/h30,32,34,44,70H,4-29,31,33,35-43,45-69H2,1-3H3/b34-32-,44-30-. The molecule has 0 heterocycles. The Morgan fingerprint density at radius 2 is 0.418 bits per heavy atom. The summed E-state index contributed by atoms with van der Waals surface area (Å²) in [7, 11) is 0. The second-order valence-corrected chi connectivity index (χ2v) is 24.5. The summed E-state index contributed by atoms with van der Waals surface area (Å²) >= 11 is 0. The summed E-state index contributed by atoms with van der Waals surface area (Å²) in [6.07, 6.45) is 83.5. The van der Waals surface area contributed by atoms with Crippen LogP contribution in [0.2, 0.25) is 0 Å². The Hall–Kier alpha value is -2.11. The number of rotatable bonds is 67. The molecule has 0 spiro atoms. The van der Waals surface area contributed by atoms with E-state index in [1.807, 2.05) is 0 Å². The number of hydrogen-bond acceptors (Lipinski definition) is 6. The van der Waals surface area contributed by atoms with Crippen LogP contribution in [-0.2, 0) is 28.6 Å². The predicted octanol–water partition coefficient (Wildman–Crippen LogP) is 24.6. The number of allylic oxidation sites excluding steroid dienone is 4. The molecule has 0 aliphatic heterocycles. The number of hydrogen-bond donors (Lipinski definition) is 0. The lowest BCUT2D eigenvalue weighted by Gasteiger charge is -2.18. The first-order valence-corrected chi connectivity index (χ1v) is 35.8. The van der Waals surface area contributed by atoms with Gasteiger partial charge in [-0.15, -0.1) is 0 Å². The molecule has 0 aliphatic carbocycles. The van der Waals surface area contributed by atoms with Gasteiger partial charge in [0.2, 0.25) is 0 Å². The Kier molecular flexibility index (Phi) is 66.6. The van der Waals surface area contributed by atoms with Gasteiger partial charge in [0.25, 0.3) is 0 Å². The van der Waals surface area contributed by atoms with Crippen molar-refractivity contribution in [2.45, 2.75) is 412 Å². The average molecular weight is 1110 g/mol. The van der Waals surface area contributed by atoms with E-state index in [1.54, 1.807) is 0 Å². The topological polar surface area (TPSA) is 78.9 Å². The summed E-state index contributed by atoms with van der Waals surface area (Å²) < 4.78 is 17.0. The van der Waals surface area contributed by atoms with Crippen LogP contribution >= 0.6 is 0 Å². The molecule has 0 fully saturated rings. The number of ether oxygens (including phenoxy) is 3. The van der Waals surface area contributed by atoms with Gasteiger partial charge in [-0.1, -0.05) is 340 Å². The molecule has 0 bridgehead atoms. The lowest BCUT2D eigenvalue weighted by atomic mass is 10.0. The maximum atomic E-state index is 13.0. The van der Waals surface area contributed by atoms with Crippen molar-refractivity contribution in [2.24, 2.45) is 0 Å². The molecule has 0 aromatic heterocycles. The fraction of sp³-hybridized carbons (Fsp3) is 0.904. The van der Waals surface area contributed by atoms with Crippen LogP contribution in [0.25, 0.3) is 0 Å². The second-order valence-electron chi connectivity index (χ2n) is 24.5. The quantitative estimate of drug-likeness (QED) is 0.0261. The molecule has 0 saturated heterocycles. The number of carbonyl (C=O) groups excluding carboxylic acids is 3. The van der Waals surface area contributed by atoms with Crippen LogP contribution < -0.4 is 0 Å². The molecule has 1 unspecified atom stereocenters. The van der Waals surface area contributed by atoms with Gasteiger partial charge >= 0.3 is 17.9 Å². The number of carbonyl (C=O) groups is 3. The summed E-state index contributed by atoms with van der Waals surface area (Å²) in [4.78, 5) is 38.5. The van der Waals surface area contributed by atoms with Crippen molar-refractivity contribution in [1.82, 2.24) is 0 Å². The number of unbranched alkanes of at least 4 members (excludes halogenated alkanes) is 52. The smallest absolute Gasteiger partial charge is 0.306 e. The molecule has 0 rings (SSSR count). The van der Waals surface area contributed by atoms with Crippen molar-refractivity contribution >= 4 is 17.9 Å². The van der Waals surface area contributed by atoms with Gasteiger partial charge in [0.05, 0.1) is 0 Å². The van der Waals surface area contributed by atoms with Crippen molar-refractivity contribution in [3.63, 3.8) is 0 Å². The minimum absolute atomic E-state index is 0.0691. The Labute approximate surface area is 493 Å².